The number of nitrogens with one attached hydrogen (secondary N) is 1. The van der Waals surface area contributed by atoms with Gasteiger partial charge in [0.15, 0.2) is 0 Å². The van der Waals surface area contributed by atoms with Crippen molar-refractivity contribution < 1.29 is 14.9 Å². The van der Waals surface area contributed by atoms with Gasteiger partial charge in [-0.2, -0.15) is 0 Å². The second-order valence-electron chi connectivity index (χ2n) is 5.68. The number of aliphatic hydroxyl groups is 2. The quantitative estimate of drug-likeness (QED) is 0.674. The van der Waals surface area contributed by atoms with Crippen LogP contribution in [0.25, 0.3) is 0 Å². The van der Waals surface area contributed by atoms with Gasteiger partial charge in [0.05, 0.1) is 25.9 Å². The number of aliphatic hydroxyl groups excluding tert-OH is 2. The monoisotopic (exact) mass is 279 g/mol. The fourth-order valence-corrected chi connectivity index (χ4v) is 2.72. The van der Waals surface area contributed by atoms with E-state index in [-0.39, 0.29) is 12.1 Å². The van der Waals surface area contributed by atoms with Gasteiger partial charge in [0.1, 0.15) is 0 Å². The van der Waals surface area contributed by atoms with Gasteiger partial charge in [-0.05, 0) is 18.4 Å². The highest BCUT2D eigenvalue weighted by atomic mass is 16.5. The first-order valence-electron chi connectivity index (χ1n) is 7.40. The predicted octanol–water partition coefficient (Wildman–Crippen LogP) is 1.46. The van der Waals surface area contributed by atoms with Crippen LogP contribution in [0.4, 0.5) is 0 Å². The second-order valence-corrected chi connectivity index (χ2v) is 5.68. The Morgan fingerprint density at radius 2 is 1.90 bits per heavy atom. The standard InChI is InChI=1S/C16H25NO3/c18-13-16(8-4-5-9-16)17-10-15(19)12-20-11-14-6-2-1-3-7-14/h1-3,6-7,15,17-19H,4-5,8-13H2/t15-/m1/s1. The Hall–Kier alpha value is -0.940. The number of β-amino-alcohol motifs (C(OH)–C–C–N with tert-alkyl or cyclic N) is 1. The van der Waals surface area contributed by atoms with Gasteiger partial charge in [0.2, 0.25) is 0 Å². The molecule has 1 aliphatic rings. The molecule has 0 aliphatic heterocycles. The highest BCUT2D eigenvalue weighted by molar-refractivity contribution is 5.13. The molecule has 20 heavy (non-hydrogen) atoms. The first kappa shape index (κ1) is 15.4. The van der Waals surface area contributed by atoms with Crippen molar-refractivity contribution in [3.8, 4) is 0 Å². The average molecular weight is 279 g/mol. The lowest BCUT2D eigenvalue weighted by atomic mass is 9.99. The zero-order chi connectivity index (χ0) is 14.3. The molecule has 2 rings (SSSR count). The lowest BCUT2D eigenvalue weighted by Crippen LogP contribution is -2.49. The number of ether oxygens (including phenoxy) is 1. The first-order valence-corrected chi connectivity index (χ1v) is 7.40. The van der Waals surface area contributed by atoms with Gasteiger partial charge >= 0.3 is 0 Å². The third-order valence-corrected chi connectivity index (χ3v) is 4.00. The van der Waals surface area contributed by atoms with Crippen molar-refractivity contribution in [3.63, 3.8) is 0 Å². The number of hydrogen-bond donors (Lipinski definition) is 3. The second kappa shape index (κ2) is 7.74. The van der Waals surface area contributed by atoms with Crippen LogP contribution in [0.15, 0.2) is 30.3 Å². The van der Waals surface area contributed by atoms with Crippen molar-refractivity contribution in [1.29, 1.82) is 0 Å². The molecule has 4 nitrogen and oxygen atoms in total. The van der Waals surface area contributed by atoms with Crippen molar-refractivity contribution in [2.24, 2.45) is 0 Å². The fraction of sp³-hybridized carbons (Fsp3) is 0.625. The first-order chi connectivity index (χ1) is 9.74. The molecular formula is C16H25NO3. The minimum Gasteiger partial charge on any atom is -0.394 e. The van der Waals surface area contributed by atoms with Crippen LogP contribution < -0.4 is 5.32 Å². The van der Waals surface area contributed by atoms with Crippen LogP contribution in [0.2, 0.25) is 0 Å². The molecule has 0 aromatic heterocycles. The highest BCUT2D eigenvalue weighted by Gasteiger charge is 2.32. The zero-order valence-corrected chi connectivity index (χ0v) is 11.9. The smallest absolute Gasteiger partial charge is 0.0898 e. The molecule has 1 atom stereocenters. The van der Waals surface area contributed by atoms with Crippen molar-refractivity contribution in [3.05, 3.63) is 35.9 Å². The highest BCUT2D eigenvalue weighted by Crippen LogP contribution is 2.28. The molecule has 0 bridgehead atoms. The van der Waals surface area contributed by atoms with Gasteiger partial charge in [0.25, 0.3) is 0 Å². The molecule has 1 saturated carbocycles. The van der Waals surface area contributed by atoms with Crippen LogP contribution in [-0.4, -0.2) is 41.6 Å². The summed E-state index contributed by atoms with van der Waals surface area (Å²) in [5.41, 5.74) is 0.927. The topological polar surface area (TPSA) is 61.7 Å². The summed E-state index contributed by atoms with van der Waals surface area (Å²) in [6.07, 6.45) is 3.73. The minimum atomic E-state index is -0.539. The van der Waals surface area contributed by atoms with Crippen molar-refractivity contribution in [2.75, 3.05) is 19.8 Å². The van der Waals surface area contributed by atoms with Gasteiger partial charge in [-0.25, -0.2) is 0 Å². The average Bonchev–Trinajstić information content (AvgIpc) is 2.96. The summed E-state index contributed by atoms with van der Waals surface area (Å²) in [5, 5.41) is 22.7. The largest absolute Gasteiger partial charge is 0.394 e. The summed E-state index contributed by atoms with van der Waals surface area (Å²) < 4.78 is 5.51. The lowest BCUT2D eigenvalue weighted by Gasteiger charge is -2.29. The van der Waals surface area contributed by atoms with Gasteiger partial charge in [-0.15, -0.1) is 0 Å². The molecule has 112 valence electrons. The molecule has 0 heterocycles. The van der Waals surface area contributed by atoms with Crippen molar-refractivity contribution in [1.82, 2.24) is 5.32 Å². The lowest BCUT2D eigenvalue weighted by molar-refractivity contribution is 0.0220. The summed E-state index contributed by atoms with van der Waals surface area (Å²) in [6, 6.07) is 9.93. The summed E-state index contributed by atoms with van der Waals surface area (Å²) in [7, 11) is 0. The van der Waals surface area contributed by atoms with E-state index in [9.17, 15) is 10.2 Å². The predicted molar refractivity (Wildman–Crippen MR) is 78.4 cm³/mol. The van der Waals surface area contributed by atoms with Crippen LogP contribution >= 0.6 is 0 Å². The number of hydrogen-bond acceptors (Lipinski definition) is 4. The Bertz CT molecular complexity index is 377. The van der Waals surface area contributed by atoms with E-state index in [0.29, 0.717) is 19.8 Å². The summed E-state index contributed by atoms with van der Waals surface area (Å²) in [4.78, 5) is 0. The molecule has 3 N–H and O–H groups in total. The maximum Gasteiger partial charge on any atom is 0.0898 e. The Morgan fingerprint density at radius 1 is 1.20 bits per heavy atom. The summed E-state index contributed by atoms with van der Waals surface area (Å²) in [6.45, 7) is 1.44. The van der Waals surface area contributed by atoms with Crippen LogP contribution in [-0.2, 0) is 11.3 Å². The number of rotatable bonds is 8. The van der Waals surface area contributed by atoms with E-state index < -0.39 is 6.10 Å². The molecule has 0 saturated heterocycles. The molecule has 1 aromatic carbocycles. The zero-order valence-electron chi connectivity index (χ0n) is 11.9. The Morgan fingerprint density at radius 3 is 2.55 bits per heavy atom. The third kappa shape index (κ3) is 4.56. The van der Waals surface area contributed by atoms with E-state index in [1.54, 1.807) is 0 Å². The number of benzene rings is 1. The van der Waals surface area contributed by atoms with E-state index >= 15 is 0 Å². The van der Waals surface area contributed by atoms with E-state index in [1.807, 2.05) is 30.3 Å². The van der Waals surface area contributed by atoms with Crippen molar-refractivity contribution in [2.45, 2.75) is 43.9 Å². The van der Waals surface area contributed by atoms with Gasteiger partial charge in [0, 0.05) is 12.1 Å². The molecule has 1 aromatic rings. The van der Waals surface area contributed by atoms with Crippen LogP contribution in [0.3, 0.4) is 0 Å². The minimum absolute atomic E-state index is 0.143. The van der Waals surface area contributed by atoms with Crippen molar-refractivity contribution >= 4 is 0 Å². The molecule has 4 heteroatoms. The van der Waals surface area contributed by atoms with E-state index in [2.05, 4.69) is 5.32 Å². The van der Waals surface area contributed by atoms with E-state index in [0.717, 1.165) is 31.2 Å². The maximum absolute atomic E-state index is 9.93. The maximum atomic E-state index is 9.93. The molecule has 1 fully saturated rings. The molecular weight excluding hydrogens is 254 g/mol. The van der Waals surface area contributed by atoms with E-state index in [1.165, 1.54) is 0 Å². The third-order valence-electron chi connectivity index (χ3n) is 4.00. The molecule has 0 amide bonds. The molecule has 0 unspecified atom stereocenters. The van der Waals surface area contributed by atoms with Crippen LogP contribution in [0.5, 0.6) is 0 Å². The molecule has 0 spiro atoms. The van der Waals surface area contributed by atoms with Gasteiger partial charge < -0.3 is 20.3 Å². The van der Waals surface area contributed by atoms with Crippen LogP contribution in [0, 0.1) is 0 Å². The van der Waals surface area contributed by atoms with Gasteiger partial charge in [-0.3, -0.25) is 0 Å². The fourth-order valence-electron chi connectivity index (χ4n) is 2.72. The van der Waals surface area contributed by atoms with E-state index in [4.69, 9.17) is 4.74 Å². The molecule has 0 radical (unpaired) electrons. The summed E-state index contributed by atoms with van der Waals surface area (Å²) in [5.74, 6) is 0. The SMILES string of the molecule is OCC1(NC[C@@H](O)COCc2ccccc2)CCCC1. The Balaban J connectivity index is 1.64. The van der Waals surface area contributed by atoms with Gasteiger partial charge in [-0.1, -0.05) is 43.2 Å². The van der Waals surface area contributed by atoms with Crippen LogP contribution in [0.1, 0.15) is 31.2 Å². The molecule has 1 aliphatic carbocycles. The summed E-state index contributed by atoms with van der Waals surface area (Å²) >= 11 is 0. The Labute approximate surface area is 120 Å². The normalized spacial score (nSPS) is 19.1. The Kier molecular flexibility index (Phi) is 5.98.